The average Bonchev–Trinajstić information content (AvgIpc) is 2.03. The van der Waals surface area contributed by atoms with Crippen LogP contribution < -0.4 is 0 Å². The number of hydrogen-bond acceptors (Lipinski definition) is 1. The lowest BCUT2D eigenvalue weighted by Crippen LogP contribution is -2.04. The Labute approximate surface area is 77.4 Å². The Morgan fingerprint density at radius 2 is 1.92 bits per heavy atom. The normalized spacial score (nSPS) is 11.0. The van der Waals surface area contributed by atoms with Crippen LogP contribution in [0.4, 0.5) is 13.2 Å². The number of hydrogen-bond donors (Lipinski definition) is 0. The lowest BCUT2D eigenvalue weighted by atomic mass is 10.1. The van der Waals surface area contributed by atoms with Crippen molar-refractivity contribution in [2.75, 3.05) is 0 Å². The summed E-state index contributed by atoms with van der Waals surface area (Å²) in [6, 6.07) is 4.20. The van der Waals surface area contributed by atoms with Crippen LogP contribution in [0.25, 0.3) is 0 Å². The van der Waals surface area contributed by atoms with Crippen LogP contribution in [0.3, 0.4) is 0 Å². The molecule has 0 aromatic heterocycles. The lowest BCUT2D eigenvalue weighted by Gasteiger charge is -2.06. The maximum atomic E-state index is 12.1. The predicted octanol–water partition coefficient (Wildman–Crippen LogP) is 3.23. The second-order valence-corrected chi connectivity index (χ2v) is 2.71. The van der Waals surface area contributed by atoms with Gasteiger partial charge < -0.3 is 0 Å². The van der Waals surface area contributed by atoms with E-state index in [2.05, 4.69) is 0 Å². The van der Waals surface area contributed by atoms with E-state index in [-0.39, 0.29) is 10.6 Å². The largest absolute Gasteiger partial charge is 0.416 e. The van der Waals surface area contributed by atoms with Gasteiger partial charge in [0.05, 0.1) is 16.1 Å². The molecule has 5 heteroatoms. The molecule has 13 heavy (non-hydrogen) atoms. The van der Waals surface area contributed by atoms with E-state index in [0.717, 1.165) is 18.2 Å². The predicted molar refractivity (Wildman–Crippen MR) is 41.2 cm³/mol. The van der Waals surface area contributed by atoms with Crippen molar-refractivity contribution in [1.82, 2.24) is 0 Å². The number of halogens is 4. The minimum atomic E-state index is -4.43. The molecular formula is C8H3ClF3N. The number of rotatable bonds is 0. The van der Waals surface area contributed by atoms with Crippen LogP contribution in [0.15, 0.2) is 18.2 Å². The zero-order valence-corrected chi connectivity index (χ0v) is 6.95. The topological polar surface area (TPSA) is 23.8 Å². The molecule has 0 spiro atoms. The van der Waals surface area contributed by atoms with Gasteiger partial charge in [-0.15, -0.1) is 0 Å². The van der Waals surface area contributed by atoms with Crippen molar-refractivity contribution in [3.63, 3.8) is 0 Å². The van der Waals surface area contributed by atoms with Gasteiger partial charge in [-0.2, -0.15) is 18.4 Å². The van der Waals surface area contributed by atoms with Gasteiger partial charge in [-0.05, 0) is 18.2 Å². The van der Waals surface area contributed by atoms with E-state index in [1.54, 1.807) is 6.07 Å². The van der Waals surface area contributed by atoms with Crippen LogP contribution >= 0.6 is 11.6 Å². The summed E-state index contributed by atoms with van der Waals surface area (Å²) < 4.78 is 36.3. The summed E-state index contributed by atoms with van der Waals surface area (Å²) in [5, 5.41) is 8.43. The van der Waals surface area contributed by atoms with Crippen LogP contribution in [0.2, 0.25) is 5.02 Å². The Morgan fingerprint density at radius 1 is 1.31 bits per heavy atom. The Bertz CT molecular complexity index is 365. The maximum Gasteiger partial charge on any atom is 0.416 e. The molecule has 0 unspecified atom stereocenters. The summed E-state index contributed by atoms with van der Waals surface area (Å²) in [6.07, 6.45) is -4.43. The first-order valence-corrected chi connectivity index (χ1v) is 3.60. The third kappa shape index (κ3) is 2.13. The zero-order chi connectivity index (χ0) is 10.1. The van der Waals surface area contributed by atoms with E-state index in [0.29, 0.717) is 0 Å². The van der Waals surface area contributed by atoms with Crippen molar-refractivity contribution in [1.29, 1.82) is 5.26 Å². The molecule has 1 rings (SSSR count). The van der Waals surface area contributed by atoms with Crippen molar-refractivity contribution in [2.24, 2.45) is 0 Å². The fraction of sp³-hybridized carbons (Fsp3) is 0.125. The van der Waals surface area contributed by atoms with Gasteiger partial charge in [0.2, 0.25) is 0 Å². The molecule has 0 aliphatic heterocycles. The second-order valence-electron chi connectivity index (χ2n) is 2.30. The van der Waals surface area contributed by atoms with Crippen LogP contribution in [0, 0.1) is 11.3 Å². The van der Waals surface area contributed by atoms with Gasteiger partial charge in [0, 0.05) is 0 Å². The standard InChI is InChI=1S/C8H3ClF3N/c9-7-2-1-6(8(10,11)12)3-5(7)4-13/h1-3H. The van der Waals surface area contributed by atoms with Crippen molar-refractivity contribution in [2.45, 2.75) is 6.18 Å². The molecule has 0 fully saturated rings. The van der Waals surface area contributed by atoms with E-state index >= 15 is 0 Å². The Morgan fingerprint density at radius 3 is 2.38 bits per heavy atom. The molecule has 1 aromatic rings. The quantitative estimate of drug-likeness (QED) is 0.638. The Balaban J connectivity index is 3.24. The molecule has 0 aliphatic carbocycles. The first-order valence-electron chi connectivity index (χ1n) is 3.22. The molecule has 0 N–H and O–H groups in total. The lowest BCUT2D eigenvalue weighted by molar-refractivity contribution is -0.137. The van der Waals surface area contributed by atoms with Gasteiger partial charge in [-0.1, -0.05) is 11.6 Å². The second kappa shape index (κ2) is 3.27. The minimum Gasteiger partial charge on any atom is -0.192 e. The third-order valence-electron chi connectivity index (χ3n) is 1.41. The molecule has 68 valence electrons. The minimum absolute atomic E-state index is 0.0236. The molecule has 1 aromatic carbocycles. The monoisotopic (exact) mass is 205 g/mol. The van der Waals surface area contributed by atoms with Crippen LogP contribution in [-0.4, -0.2) is 0 Å². The van der Waals surface area contributed by atoms with Crippen molar-refractivity contribution < 1.29 is 13.2 Å². The molecule has 0 radical (unpaired) electrons. The molecule has 0 saturated heterocycles. The summed E-state index contributed by atoms with van der Waals surface area (Å²) in [7, 11) is 0. The van der Waals surface area contributed by atoms with Gasteiger partial charge in [-0.3, -0.25) is 0 Å². The molecule has 1 nitrogen and oxygen atoms in total. The highest BCUT2D eigenvalue weighted by Crippen LogP contribution is 2.31. The molecule has 0 aliphatic rings. The van der Waals surface area contributed by atoms with Crippen LogP contribution in [0.5, 0.6) is 0 Å². The smallest absolute Gasteiger partial charge is 0.192 e. The summed E-state index contributed by atoms with van der Waals surface area (Å²) in [5.41, 5.74) is -1.04. The van der Waals surface area contributed by atoms with Gasteiger partial charge in [0.1, 0.15) is 6.07 Å². The first-order chi connectivity index (χ1) is 5.95. The van der Waals surface area contributed by atoms with Gasteiger partial charge >= 0.3 is 6.18 Å². The molecule has 0 amide bonds. The van der Waals surface area contributed by atoms with E-state index in [4.69, 9.17) is 16.9 Å². The van der Waals surface area contributed by atoms with Gasteiger partial charge in [-0.25, -0.2) is 0 Å². The van der Waals surface area contributed by atoms with Gasteiger partial charge in [0.25, 0.3) is 0 Å². The number of nitrogens with zero attached hydrogens (tertiary/aromatic N) is 1. The van der Waals surface area contributed by atoms with Gasteiger partial charge in [0.15, 0.2) is 0 Å². The zero-order valence-electron chi connectivity index (χ0n) is 6.19. The van der Waals surface area contributed by atoms with E-state index in [9.17, 15) is 13.2 Å². The summed E-state index contributed by atoms with van der Waals surface area (Å²) in [4.78, 5) is 0. The summed E-state index contributed by atoms with van der Waals surface area (Å²) >= 11 is 5.46. The highest BCUT2D eigenvalue weighted by molar-refractivity contribution is 6.31. The highest BCUT2D eigenvalue weighted by Gasteiger charge is 2.30. The molecular weight excluding hydrogens is 203 g/mol. The Hall–Kier alpha value is -1.21. The summed E-state index contributed by atoms with van der Waals surface area (Å²) in [6.45, 7) is 0. The molecule has 0 saturated carbocycles. The summed E-state index contributed by atoms with van der Waals surface area (Å²) in [5.74, 6) is 0. The average molecular weight is 206 g/mol. The highest BCUT2D eigenvalue weighted by atomic mass is 35.5. The molecule has 0 bridgehead atoms. The maximum absolute atomic E-state index is 12.1. The first kappa shape index (κ1) is 9.87. The molecule has 0 heterocycles. The van der Waals surface area contributed by atoms with Crippen molar-refractivity contribution >= 4 is 11.6 Å². The number of benzene rings is 1. The Kier molecular flexibility index (Phi) is 2.48. The fourth-order valence-electron chi connectivity index (χ4n) is 0.787. The third-order valence-corrected chi connectivity index (χ3v) is 1.74. The SMILES string of the molecule is N#Cc1cc(C(F)(F)F)ccc1Cl. The fourth-order valence-corrected chi connectivity index (χ4v) is 0.947. The van der Waals surface area contributed by atoms with Crippen molar-refractivity contribution in [3.05, 3.63) is 34.3 Å². The van der Waals surface area contributed by atoms with E-state index in [1.165, 1.54) is 0 Å². The van der Waals surface area contributed by atoms with Crippen molar-refractivity contribution in [3.8, 4) is 6.07 Å². The van der Waals surface area contributed by atoms with Crippen LogP contribution in [-0.2, 0) is 6.18 Å². The number of alkyl halides is 3. The van der Waals surface area contributed by atoms with E-state index in [1.807, 2.05) is 0 Å². The molecule has 0 atom stereocenters. The van der Waals surface area contributed by atoms with Crippen LogP contribution in [0.1, 0.15) is 11.1 Å². The van der Waals surface area contributed by atoms with E-state index < -0.39 is 11.7 Å². The number of nitriles is 1.